The molecule has 0 radical (unpaired) electrons. The van der Waals surface area contributed by atoms with E-state index in [0.717, 1.165) is 6.42 Å². The van der Waals surface area contributed by atoms with E-state index in [9.17, 15) is 4.39 Å². The van der Waals surface area contributed by atoms with E-state index in [-0.39, 0.29) is 5.69 Å². The summed E-state index contributed by atoms with van der Waals surface area (Å²) in [6.45, 7) is 3.83. The number of anilines is 3. The molecule has 0 atom stereocenters. The maximum atomic E-state index is 13.8. The van der Waals surface area contributed by atoms with E-state index in [1.54, 1.807) is 6.92 Å². The van der Waals surface area contributed by atoms with Gasteiger partial charge in [0.15, 0.2) is 0 Å². The topological polar surface area (TPSA) is 75.9 Å². The molecule has 1 aromatic heterocycles. The molecule has 112 valence electrons. The van der Waals surface area contributed by atoms with Crippen LogP contribution in [0.3, 0.4) is 0 Å². The van der Waals surface area contributed by atoms with Gasteiger partial charge in [0.25, 0.3) is 0 Å². The van der Waals surface area contributed by atoms with Crippen molar-refractivity contribution in [2.24, 2.45) is 5.84 Å². The molecular formula is C14H17ClFN5. The number of hydrazine groups is 1. The predicted octanol–water partition coefficient (Wildman–Crippen LogP) is 3.56. The molecular weight excluding hydrogens is 293 g/mol. The Morgan fingerprint density at radius 1 is 1.29 bits per heavy atom. The van der Waals surface area contributed by atoms with Crippen LogP contribution in [0.5, 0.6) is 0 Å². The molecule has 7 heteroatoms. The second kappa shape index (κ2) is 6.69. The second-order valence-corrected chi connectivity index (χ2v) is 5.04. The van der Waals surface area contributed by atoms with Crippen LogP contribution in [-0.2, 0) is 6.42 Å². The van der Waals surface area contributed by atoms with Gasteiger partial charge < -0.3 is 10.7 Å². The van der Waals surface area contributed by atoms with Crippen LogP contribution in [0, 0.1) is 12.7 Å². The third kappa shape index (κ3) is 3.59. The summed E-state index contributed by atoms with van der Waals surface area (Å²) in [6, 6.07) is 4.30. The number of aromatic nitrogens is 2. The number of nitrogens with one attached hydrogen (secondary N) is 2. The van der Waals surface area contributed by atoms with Crippen LogP contribution in [0.25, 0.3) is 0 Å². The number of halogens is 2. The van der Waals surface area contributed by atoms with Gasteiger partial charge >= 0.3 is 0 Å². The Hall–Kier alpha value is -1.92. The number of rotatable bonds is 5. The molecule has 0 fully saturated rings. The van der Waals surface area contributed by atoms with Crippen molar-refractivity contribution >= 4 is 28.9 Å². The Balaban J connectivity index is 2.42. The molecule has 0 saturated carbocycles. The summed E-state index contributed by atoms with van der Waals surface area (Å²) in [5, 5.41) is 3.39. The van der Waals surface area contributed by atoms with Crippen LogP contribution in [0.1, 0.15) is 24.7 Å². The molecule has 0 spiro atoms. The summed E-state index contributed by atoms with van der Waals surface area (Å²) >= 11 is 5.89. The van der Waals surface area contributed by atoms with Gasteiger partial charge in [-0.25, -0.2) is 20.2 Å². The minimum atomic E-state index is -0.406. The molecule has 1 aromatic carbocycles. The van der Waals surface area contributed by atoms with E-state index >= 15 is 0 Å². The van der Waals surface area contributed by atoms with Crippen LogP contribution < -0.4 is 16.6 Å². The first kappa shape index (κ1) is 15.5. The van der Waals surface area contributed by atoms with Crippen molar-refractivity contribution in [2.75, 3.05) is 10.7 Å². The van der Waals surface area contributed by atoms with Crippen molar-refractivity contribution in [1.29, 1.82) is 0 Å². The number of benzene rings is 1. The largest absolute Gasteiger partial charge is 0.337 e. The van der Waals surface area contributed by atoms with Crippen molar-refractivity contribution in [3.8, 4) is 0 Å². The molecule has 0 bridgehead atoms. The van der Waals surface area contributed by atoms with Gasteiger partial charge in [-0.3, -0.25) is 0 Å². The van der Waals surface area contributed by atoms with Gasteiger partial charge in [0.2, 0.25) is 0 Å². The van der Waals surface area contributed by atoms with Gasteiger partial charge in [-0.2, -0.15) is 0 Å². The van der Waals surface area contributed by atoms with Crippen molar-refractivity contribution < 1.29 is 4.39 Å². The van der Waals surface area contributed by atoms with Crippen molar-refractivity contribution in [2.45, 2.75) is 26.7 Å². The molecule has 2 rings (SSSR count). The summed E-state index contributed by atoms with van der Waals surface area (Å²) < 4.78 is 13.8. The van der Waals surface area contributed by atoms with E-state index in [1.807, 2.05) is 6.92 Å². The number of nitrogens with two attached hydrogens (primary N) is 1. The van der Waals surface area contributed by atoms with Gasteiger partial charge in [0.1, 0.15) is 23.3 Å². The summed E-state index contributed by atoms with van der Waals surface area (Å²) in [6.07, 6.45) is 1.61. The first-order chi connectivity index (χ1) is 10.0. The Bertz CT molecular complexity index is 648. The number of aryl methyl sites for hydroxylation is 1. The number of nitrogens with zero attached hydrogens (tertiary/aromatic N) is 2. The predicted molar refractivity (Wildman–Crippen MR) is 83.3 cm³/mol. The second-order valence-electron chi connectivity index (χ2n) is 4.61. The lowest BCUT2D eigenvalue weighted by molar-refractivity contribution is 0.631. The zero-order valence-electron chi connectivity index (χ0n) is 11.9. The number of nitrogen functional groups attached to an aromatic ring is 1. The molecule has 4 N–H and O–H groups in total. The lowest BCUT2D eigenvalue weighted by atomic mass is 10.2. The summed E-state index contributed by atoms with van der Waals surface area (Å²) in [5.41, 5.74) is 3.50. The van der Waals surface area contributed by atoms with Crippen molar-refractivity contribution in [1.82, 2.24) is 9.97 Å². The maximum Gasteiger partial charge on any atom is 0.148 e. The van der Waals surface area contributed by atoms with Gasteiger partial charge in [0.05, 0.1) is 5.69 Å². The van der Waals surface area contributed by atoms with Gasteiger partial charge in [-0.15, -0.1) is 0 Å². The zero-order chi connectivity index (χ0) is 15.4. The average Bonchev–Trinajstić information content (AvgIpc) is 2.46. The summed E-state index contributed by atoms with van der Waals surface area (Å²) in [7, 11) is 0. The molecule has 0 aliphatic carbocycles. The van der Waals surface area contributed by atoms with E-state index in [4.69, 9.17) is 17.4 Å². The van der Waals surface area contributed by atoms with Crippen molar-refractivity contribution in [3.05, 3.63) is 40.4 Å². The lowest BCUT2D eigenvalue weighted by Crippen LogP contribution is -2.14. The Morgan fingerprint density at radius 2 is 2.00 bits per heavy atom. The smallest absolute Gasteiger partial charge is 0.148 e. The van der Waals surface area contributed by atoms with E-state index in [2.05, 4.69) is 20.7 Å². The highest BCUT2D eigenvalue weighted by atomic mass is 35.5. The highest BCUT2D eigenvalue weighted by molar-refractivity contribution is 6.30. The third-order valence-corrected chi connectivity index (χ3v) is 3.22. The third-order valence-electron chi connectivity index (χ3n) is 2.98. The van der Waals surface area contributed by atoms with Crippen LogP contribution in [-0.4, -0.2) is 9.97 Å². The fourth-order valence-electron chi connectivity index (χ4n) is 1.88. The SMILES string of the molecule is CCCc1nc(NN)c(C)c(Nc2cc(Cl)ccc2F)n1. The van der Waals surface area contributed by atoms with Crippen LogP contribution in [0.2, 0.25) is 5.02 Å². The first-order valence-corrected chi connectivity index (χ1v) is 6.99. The van der Waals surface area contributed by atoms with Crippen LogP contribution in [0.15, 0.2) is 18.2 Å². The molecule has 0 saturated heterocycles. The average molecular weight is 310 g/mol. The van der Waals surface area contributed by atoms with Gasteiger partial charge in [0, 0.05) is 17.0 Å². The molecule has 5 nitrogen and oxygen atoms in total. The first-order valence-electron chi connectivity index (χ1n) is 6.61. The minimum absolute atomic E-state index is 0.259. The Morgan fingerprint density at radius 3 is 2.67 bits per heavy atom. The molecule has 0 aliphatic heterocycles. The molecule has 0 aliphatic rings. The van der Waals surface area contributed by atoms with E-state index in [1.165, 1.54) is 18.2 Å². The lowest BCUT2D eigenvalue weighted by Gasteiger charge is -2.14. The Labute approximate surface area is 127 Å². The quantitative estimate of drug-likeness (QED) is 0.581. The fourth-order valence-corrected chi connectivity index (χ4v) is 2.05. The van der Waals surface area contributed by atoms with Crippen LogP contribution >= 0.6 is 11.6 Å². The number of hydrogen-bond acceptors (Lipinski definition) is 5. The maximum absolute atomic E-state index is 13.8. The van der Waals surface area contributed by atoms with Crippen molar-refractivity contribution in [3.63, 3.8) is 0 Å². The normalized spacial score (nSPS) is 10.5. The van der Waals surface area contributed by atoms with E-state index < -0.39 is 5.82 Å². The van der Waals surface area contributed by atoms with E-state index in [0.29, 0.717) is 34.5 Å². The standard InChI is InChI=1S/C14H17ClFN5/c1-3-4-12-19-13(8(2)14(20-12)21-17)18-11-7-9(15)5-6-10(11)16/h5-7H,3-4,17H2,1-2H3,(H2,18,19,20,21). The summed E-state index contributed by atoms with van der Waals surface area (Å²) in [5.74, 6) is 6.72. The minimum Gasteiger partial charge on any atom is -0.337 e. The summed E-state index contributed by atoms with van der Waals surface area (Å²) in [4.78, 5) is 8.72. The number of hydrogen-bond donors (Lipinski definition) is 3. The van der Waals surface area contributed by atoms with Gasteiger partial charge in [-0.1, -0.05) is 18.5 Å². The molecule has 1 heterocycles. The van der Waals surface area contributed by atoms with Crippen LogP contribution in [0.4, 0.5) is 21.7 Å². The Kier molecular flexibility index (Phi) is 4.93. The highest BCUT2D eigenvalue weighted by Gasteiger charge is 2.12. The monoisotopic (exact) mass is 309 g/mol. The van der Waals surface area contributed by atoms with Gasteiger partial charge in [-0.05, 0) is 31.5 Å². The molecule has 21 heavy (non-hydrogen) atoms. The molecule has 0 unspecified atom stereocenters. The molecule has 2 aromatic rings. The fraction of sp³-hybridized carbons (Fsp3) is 0.286. The zero-order valence-corrected chi connectivity index (χ0v) is 12.6. The highest BCUT2D eigenvalue weighted by Crippen LogP contribution is 2.27. The molecule has 0 amide bonds.